The van der Waals surface area contributed by atoms with Crippen LogP contribution in [0.25, 0.3) is 0 Å². The zero-order chi connectivity index (χ0) is 11.2. The van der Waals surface area contributed by atoms with Crippen molar-refractivity contribution in [3.8, 4) is 0 Å². The molecule has 1 aliphatic heterocycles. The van der Waals surface area contributed by atoms with Gasteiger partial charge in [-0.2, -0.15) is 0 Å². The van der Waals surface area contributed by atoms with Gasteiger partial charge in [0.25, 0.3) is 0 Å². The van der Waals surface area contributed by atoms with Gasteiger partial charge in [-0.05, 0) is 12.0 Å². The van der Waals surface area contributed by atoms with E-state index < -0.39 is 0 Å². The van der Waals surface area contributed by atoms with Crippen molar-refractivity contribution in [3.05, 3.63) is 48.6 Å². The Labute approximate surface area is 105 Å². The molecule has 1 heterocycles. The van der Waals surface area contributed by atoms with Crippen molar-refractivity contribution in [3.63, 3.8) is 0 Å². The summed E-state index contributed by atoms with van der Waals surface area (Å²) in [4.78, 5) is 4.46. The van der Waals surface area contributed by atoms with E-state index in [1.807, 2.05) is 29.6 Å². The van der Waals surface area contributed by atoms with Crippen molar-refractivity contribution < 1.29 is 0 Å². The SMILES string of the molecule is C=CC(Cc1ccccc1)SC1=NCCS1. The largest absolute Gasteiger partial charge is 0.271 e. The topological polar surface area (TPSA) is 12.4 Å². The molecule has 1 nitrogen and oxygen atoms in total. The molecule has 2 rings (SSSR count). The highest BCUT2D eigenvalue weighted by molar-refractivity contribution is 8.39. The van der Waals surface area contributed by atoms with E-state index in [0.717, 1.165) is 18.7 Å². The number of rotatable bonds is 4. The summed E-state index contributed by atoms with van der Waals surface area (Å²) in [5.41, 5.74) is 1.36. The third kappa shape index (κ3) is 3.42. The van der Waals surface area contributed by atoms with Crippen molar-refractivity contribution in [1.29, 1.82) is 0 Å². The van der Waals surface area contributed by atoms with E-state index in [-0.39, 0.29) is 0 Å². The Kier molecular flexibility index (Phi) is 4.55. The molecule has 0 aromatic heterocycles. The number of nitrogens with zero attached hydrogens (tertiary/aromatic N) is 1. The van der Waals surface area contributed by atoms with Crippen LogP contribution in [0.3, 0.4) is 0 Å². The first-order valence-corrected chi connectivity index (χ1v) is 7.25. The molecule has 0 radical (unpaired) electrons. The van der Waals surface area contributed by atoms with Gasteiger partial charge >= 0.3 is 0 Å². The summed E-state index contributed by atoms with van der Waals surface area (Å²) >= 11 is 3.70. The summed E-state index contributed by atoms with van der Waals surface area (Å²) in [7, 11) is 0. The second kappa shape index (κ2) is 6.16. The number of benzene rings is 1. The van der Waals surface area contributed by atoms with Crippen LogP contribution >= 0.6 is 23.5 Å². The molecule has 0 N–H and O–H groups in total. The van der Waals surface area contributed by atoms with Crippen LogP contribution in [-0.2, 0) is 6.42 Å². The maximum atomic E-state index is 4.46. The number of thioether (sulfide) groups is 2. The molecule has 84 valence electrons. The molecule has 0 fully saturated rings. The lowest BCUT2D eigenvalue weighted by Gasteiger charge is -2.11. The van der Waals surface area contributed by atoms with Crippen LogP contribution in [-0.4, -0.2) is 21.9 Å². The molecule has 3 heteroatoms. The first-order chi connectivity index (χ1) is 7.88. The van der Waals surface area contributed by atoms with Gasteiger partial charge in [0.1, 0.15) is 4.38 Å². The minimum Gasteiger partial charge on any atom is -0.271 e. The van der Waals surface area contributed by atoms with Gasteiger partial charge in [0, 0.05) is 11.0 Å². The smallest absolute Gasteiger partial charge is 0.125 e. The van der Waals surface area contributed by atoms with Crippen LogP contribution in [0.4, 0.5) is 0 Å². The zero-order valence-corrected chi connectivity index (χ0v) is 10.8. The molecule has 0 saturated heterocycles. The monoisotopic (exact) mass is 249 g/mol. The fourth-order valence-electron chi connectivity index (χ4n) is 1.54. The molecular formula is C13H15NS2. The summed E-state index contributed by atoms with van der Waals surface area (Å²) in [6, 6.07) is 10.6. The molecule has 0 aliphatic carbocycles. The molecule has 0 amide bonds. The van der Waals surface area contributed by atoms with E-state index in [2.05, 4.69) is 41.9 Å². The van der Waals surface area contributed by atoms with E-state index in [4.69, 9.17) is 0 Å². The molecule has 1 unspecified atom stereocenters. The minimum atomic E-state index is 0.437. The zero-order valence-electron chi connectivity index (χ0n) is 9.13. The van der Waals surface area contributed by atoms with Gasteiger partial charge in [-0.1, -0.05) is 59.9 Å². The minimum absolute atomic E-state index is 0.437. The lowest BCUT2D eigenvalue weighted by molar-refractivity contribution is 1.03. The van der Waals surface area contributed by atoms with Gasteiger partial charge in [-0.15, -0.1) is 6.58 Å². The predicted octanol–water partition coefficient (Wildman–Crippen LogP) is 3.62. The standard InChI is InChI=1S/C13H15NS2/c1-2-12(16-13-14-8-9-15-13)10-11-6-4-3-5-7-11/h2-7,12H,1,8-10H2. The van der Waals surface area contributed by atoms with Crippen molar-refractivity contribution in [2.75, 3.05) is 12.3 Å². The van der Waals surface area contributed by atoms with Crippen LogP contribution in [0.2, 0.25) is 0 Å². The van der Waals surface area contributed by atoms with Crippen LogP contribution in [0.15, 0.2) is 48.0 Å². The molecular weight excluding hydrogens is 234 g/mol. The normalized spacial score (nSPS) is 16.9. The summed E-state index contributed by atoms with van der Waals surface area (Å²) in [5, 5.41) is 0.437. The Morgan fingerprint density at radius 3 is 2.88 bits per heavy atom. The fraction of sp³-hybridized carbons (Fsp3) is 0.308. The van der Waals surface area contributed by atoms with Crippen LogP contribution in [0.1, 0.15) is 5.56 Å². The van der Waals surface area contributed by atoms with Crippen molar-refractivity contribution >= 4 is 27.9 Å². The third-order valence-electron chi connectivity index (χ3n) is 2.35. The summed E-state index contributed by atoms with van der Waals surface area (Å²) in [6.07, 6.45) is 3.06. The van der Waals surface area contributed by atoms with Gasteiger partial charge in [-0.3, -0.25) is 4.99 Å². The van der Waals surface area contributed by atoms with Gasteiger partial charge in [-0.25, -0.2) is 0 Å². The Hall–Kier alpha value is -0.670. The first-order valence-electron chi connectivity index (χ1n) is 5.39. The Morgan fingerprint density at radius 1 is 1.44 bits per heavy atom. The fourth-order valence-corrected chi connectivity index (χ4v) is 3.77. The second-order valence-electron chi connectivity index (χ2n) is 3.58. The molecule has 1 aromatic carbocycles. The maximum Gasteiger partial charge on any atom is 0.125 e. The van der Waals surface area contributed by atoms with E-state index >= 15 is 0 Å². The summed E-state index contributed by atoms with van der Waals surface area (Å²) in [5.74, 6) is 1.14. The second-order valence-corrected chi connectivity index (χ2v) is 6.15. The first kappa shape index (κ1) is 11.8. The number of hydrogen-bond donors (Lipinski definition) is 0. The van der Waals surface area contributed by atoms with Gasteiger partial charge in [0.2, 0.25) is 0 Å². The molecule has 0 bridgehead atoms. The van der Waals surface area contributed by atoms with E-state index in [9.17, 15) is 0 Å². The lowest BCUT2D eigenvalue weighted by atomic mass is 10.1. The number of hydrogen-bond acceptors (Lipinski definition) is 3. The molecule has 0 spiro atoms. The molecule has 0 saturated carbocycles. The van der Waals surface area contributed by atoms with E-state index in [1.54, 1.807) is 0 Å². The average Bonchev–Trinajstić information content (AvgIpc) is 2.82. The molecule has 16 heavy (non-hydrogen) atoms. The van der Waals surface area contributed by atoms with E-state index in [0.29, 0.717) is 5.25 Å². The quantitative estimate of drug-likeness (QED) is 0.756. The Bertz CT molecular complexity index is 373. The highest BCUT2D eigenvalue weighted by Crippen LogP contribution is 2.28. The molecule has 1 atom stereocenters. The van der Waals surface area contributed by atoms with Crippen LogP contribution in [0, 0.1) is 0 Å². The average molecular weight is 249 g/mol. The lowest BCUT2D eigenvalue weighted by Crippen LogP contribution is -2.05. The Morgan fingerprint density at radius 2 is 2.25 bits per heavy atom. The molecule has 1 aliphatic rings. The van der Waals surface area contributed by atoms with Crippen LogP contribution < -0.4 is 0 Å². The predicted molar refractivity (Wildman–Crippen MR) is 76.5 cm³/mol. The summed E-state index contributed by atoms with van der Waals surface area (Å²) < 4.78 is 1.22. The van der Waals surface area contributed by atoms with Crippen molar-refractivity contribution in [2.24, 2.45) is 4.99 Å². The van der Waals surface area contributed by atoms with Crippen LogP contribution in [0.5, 0.6) is 0 Å². The molecule has 1 aromatic rings. The third-order valence-corrected chi connectivity index (χ3v) is 4.75. The highest BCUT2D eigenvalue weighted by Gasteiger charge is 2.13. The van der Waals surface area contributed by atoms with E-state index in [1.165, 1.54) is 9.94 Å². The number of aliphatic imine (C=N–C) groups is 1. The summed E-state index contributed by atoms with van der Waals surface area (Å²) in [6.45, 7) is 4.89. The van der Waals surface area contributed by atoms with Crippen molar-refractivity contribution in [1.82, 2.24) is 0 Å². The van der Waals surface area contributed by atoms with Gasteiger partial charge in [0.15, 0.2) is 0 Å². The van der Waals surface area contributed by atoms with Gasteiger partial charge < -0.3 is 0 Å². The maximum absolute atomic E-state index is 4.46. The Balaban J connectivity index is 1.93. The van der Waals surface area contributed by atoms with Crippen molar-refractivity contribution in [2.45, 2.75) is 11.7 Å². The highest BCUT2D eigenvalue weighted by atomic mass is 32.2. The van der Waals surface area contributed by atoms with Gasteiger partial charge in [0.05, 0.1) is 6.54 Å².